The molecule has 2 aromatic heterocycles. The Morgan fingerprint density at radius 1 is 1.16 bits per heavy atom. The van der Waals surface area contributed by atoms with Crippen molar-refractivity contribution in [3.63, 3.8) is 0 Å². The van der Waals surface area contributed by atoms with Gasteiger partial charge in [0, 0.05) is 17.7 Å². The highest BCUT2D eigenvalue weighted by atomic mass is 16.6. The van der Waals surface area contributed by atoms with Crippen molar-refractivity contribution in [2.75, 3.05) is 5.32 Å². The van der Waals surface area contributed by atoms with E-state index in [0.29, 0.717) is 22.5 Å². The molecule has 0 fully saturated rings. The largest absolute Gasteiger partial charge is 0.346 e. The van der Waals surface area contributed by atoms with Crippen LogP contribution < -0.4 is 5.32 Å². The molecule has 0 bridgehead atoms. The van der Waals surface area contributed by atoms with Crippen molar-refractivity contribution in [1.82, 2.24) is 25.3 Å². The van der Waals surface area contributed by atoms with Crippen LogP contribution in [0.1, 0.15) is 0 Å². The highest BCUT2D eigenvalue weighted by Crippen LogP contribution is 2.24. The third kappa shape index (κ3) is 2.76. The molecule has 10 heteroatoms. The average molecular weight is 337 g/mol. The molecule has 0 aliphatic rings. The topological polar surface area (TPSA) is 125 Å². The SMILES string of the molecule is O=[N+]([O-])c1ccc2c(c1)nnn2CNc1nonc1-c1ccccc1. The monoisotopic (exact) mass is 337 g/mol. The van der Waals surface area contributed by atoms with Gasteiger partial charge in [0.2, 0.25) is 0 Å². The molecule has 124 valence electrons. The van der Waals surface area contributed by atoms with Crippen LogP contribution in [0.25, 0.3) is 22.3 Å². The first-order chi connectivity index (χ1) is 12.2. The van der Waals surface area contributed by atoms with Crippen LogP contribution in [0.15, 0.2) is 53.2 Å². The van der Waals surface area contributed by atoms with Crippen molar-refractivity contribution < 1.29 is 9.55 Å². The van der Waals surface area contributed by atoms with Crippen LogP contribution in [0, 0.1) is 10.1 Å². The van der Waals surface area contributed by atoms with Crippen molar-refractivity contribution in [3.05, 3.63) is 58.6 Å². The first-order valence-electron chi connectivity index (χ1n) is 7.32. The lowest BCUT2D eigenvalue weighted by atomic mass is 10.1. The number of aromatic nitrogens is 5. The molecule has 0 aliphatic heterocycles. The Bertz CT molecular complexity index is 1040. The molecule has 2 aromatic carbocycles. The van der Waals surface area contributed by atoms with Crippen molar-refractivity contribution >= 4 is 22.5 Å². The fraction of sp³-hybridized carbons (Fsp3) is 0.0667. The van der Waals surface area contributed by atoms with E-state index in [9.17, 15) is 10.1 Å². The van der Waals surface area contributed by atoms with Crippen LogP contribution in [0.2, 0.25) is 0 Å². The number of hydrogen-bond donors (Lipinski definition) is 1. The minimum atomic E-state index is -0.468. The van der Waals surface area contributed by atoms with Gasteiger partial charge in [-0.3, -0.25) is 10.1 Å². The van der Waals surface area contributed by atoms with E-state index in [1.165, 1.54) is 12.1 Å². The molecule has 2 heterocycles. The number of nitrogens with one attached hydrogen (secondary N) is 1. The summed E-state index contributed by atoms with van der Waals surface area (Å²) in [5.41, 5.74) is 2.53. The third-order valence-corrected chi connectivity index (χ3v) is 3.64. The zero-order valence-corrected chi connectivity index (χ0v) is 12.7. The lowest BCUT2D eigenvalue weighted by Crippen LogP contribution is -2.10. The maximum atomic E-state index is 10.8. The summed E-state index contributed by atoms with van der Waals surface area (Å²) in [5, 5.41) is 29.6. The summed E-state index contributed by atoms with van der Waals surface area (Å²) in [6.45, 7) is 0.252. The molecule has 4 aromatic rings. The van der Waals surface area contributed by atoms with Crippen molar-refractivity contribution in [1.29, 1.82) is 0 Å². The molecular weight excluding hydrogens is 326 g/mol. The van der Waals surface area contributed by atoms with Gasteiger partial charge in [-0.15, -0.1) is 5.10 Å². The van der Waals surface area contributed by atoms with Gasteiger partial charge in [-0.05, 0) is 16.4 Å². The standard InChI is InChI=1S/C15H11N7O3/c23-22(24)11-6-7-13-12(8-11)17-20-21(13)9-16-15-14(18-25-19-15)10-4-2-1-3-5-10/h1-8H,9H2,(H,16,19). The molecule has 10 nitrogen and oxygen atoms in total. The predicted molar refractivity (Wildman–Crippen MR) is 87.5 cm³/mol. The zero-order chi connectivity index (χ0) is 17.2. The minimum absolute atomic E-state index is 0.0282. The summed E-state index contributed by atoms with van der Waals surface area (Å²) >= 11 is 0. The van der Waals surface area contributed by atoms with E-state index < -0.39 is 4.92 Å². The minimum Gasteiger partial charge on any atom is -0.346 e. The normalized spacial score (nSPS) is 10.9. The van der Waals surface area contributed by atoms with Gasteiger partial charge in [0.05, 0.1) is 10.4 Å². The highest BCUT2D eigenvalue weighted by molar-refractivity contribution is 5.77. The van der Waals surface area contributed by atoms with Gasteiger partial charge in [0.15, 0.2) is 11.5 Å². The fourth-order valence-corrected chi connectivity index (χ4v) is 2.43. The molecule has 0 amide bonds. The van der Waals surface area contributed by atoms with Crippen LogP contribution in [0.5, 0.6) is 0 Å². The Morgan fingerprint density at radius 3 is 2.80 bits per heavy atom. The summed E-state index contributed by atoms with van der Waals surface area (Å²) in [7, 11) is 0. The first-order valence-corrected chi connectivity index (χ1v) is 7.32. The van der Waals surface area contributed by atoms with E-state index in [2.05, 4.69) is 25.9 Å². The smallest absolute Gasteiger partial charge is 0.271 e. The Balaban J connectivity index is 1.58. The molecule has 0 unspecified atom stereocenters. The van der Waals surface area contributed by atoms with Crippen LogP contribution in [-0.4, -0.2) is 30.2 Å². The molecule has 0 spiro atoms. The molecule has 0 aliphatic carbocycles. The fourth-order valence-electron chi connectivity index (χ4n) is 2.43. The second kappa shape index (κ2) is 6.00. The Kier molecular flexibility index (Phi) is 3.54. The van der Waals surface area contributed by atoms with Crippen molar-refractivity contribution in [3.8, 4) is 11.3 Å². The van der Waals surface area contributed by atoms with Crippen LogP contribution in [0.3, 0.4) is 0 Å². The molecule has 0 atom stereocenters. The van der Waals surface area contributed by atoms with Gasteiger partial charge < -0.3 is 5.32 Å². The predicted octanol–water partition coefficient (Wildman–Crippen LogP) is 2.46. The van der Waals surface area contributed by atoms with E-state index in [4.69, 9.17) is 4.63 Å². The second-order valence-corrected chi connectivity index (χ2v) is 5.18. The molecule has 4 rings (SSSR count). The van der Waals surface area contributed by atoms with Crippen molar-refractivity contribution in [2.45, 2.75) is 6.67 Å². The summed E-state index contributed by atoms with van der Waals surface area (Å²) in [4.78, 5) is 10.3. The number of non-ortho nitro benzene ring substituents is 1. The molecule has 0 saturated carbocycles. The molecule has 0 saturated heterocycles. The summed E-state index contributed by atoms with van der Waals surface area (Å²) in [6, 6.07) is 13.9. The van der Waals surface area contributed by atoms with Gasteiger partial charge in [-0.2, -0.15) is 0 Å². The number of anilines is 1. The maximum absolute atomic E-state index is 10.8. The zero-order valence-electron chi connectivity index (χ0n) is 12.7. The molecule has 0 radical (unpaired) electrons. The number of hydrogen-bond acceptors (Lipinski definition) is 8. The van der Waals surface area contributed by atoms with Gasteiger partial charge in [0.25, 0.3) is 5.69 Å². The first kappa shape index (κ1) is 14.8. The van der Waals surface area contributed by atoms with Gasteiger partial charge in [-0.25, -0.2) is 9.31 Å². The molecular formula is C15H11N7O3. The van der Waals surface area contributed by atoms with E-state index in [0.717, 1.165) is 5.56 Å². The maximum Gasteiger partial charge on any atom is 0.271 e. The number of nitro groups is 1. The van der Waals surface area contributed by atoms with Gasteiger partial charge >= 0.3 is 0 Å². The number of fused-ring (bicyclic) bond motifs is 1. The lowest BCUT2D eigenvalue weighted by Gasteiger charge is -2.04. The van der Waals surface area contributed by atoms with Gasteiger partial charge in [0.1, 0.15) is 12.2 Å². The number of nitrogens with zero attached hydrogens (tertiary/aromatic N) is 6. The van der Waals surface area contributed by atoms with E-state index in [1.807, 2.05) is 30.3 Å². The average Bonchev–Trinajstić information content (AvgIpc) is 3.26. The highest BCUT2D eigenvalue weighted by Gasteiger charge is 2.14. The molecule has 25 heavy (non-hydrogen) atoms. The van der Waals surface area contributed by atoms with E-state index in [1.54, 1.807) is 10.7 Å². The summed E-state index contributed by atoms with van der Waals surface area (Å²) in [6.07, 6.45) is 0. The Hall–Kier alpha value is -3.82. The number of nitro benzene ring substituents is 1. The second-order valence-electron chi connectivity index (χ2n) is 5.18. The Morgan fingerprint density at radius 2 is 2.00 bits per heavy atom. The van der Waals surface area contributed by atoms with Crippen LogP contribution >= 0.6 is 0 Å². The molecule has 1 N–H and O–H groups in total. The van der Waals surface area contributed by atoms with Crippen molar-refractivity contribution in [2.24, 2.45) is 0 Å². The third-order valence-electron chi connectivity index (χ3n) is 3.64. The summed E-state index contributed by atoms with van der Waals surface area (Å²) in [5.74, 6) is 0.469. The lowest BCUT2D eigenvalue weighted by molar-refractivity contribution is -0.384. The Labute approximate surface area is 140 Å². The van der Waals surface area contributed by atoms with E-state index in [-0.39, 0.29) is 12.4 Å². The quantitative estimate of drug-likeness (QED) is 0.435. The van der Waals surface area contributed by atoms with Gasteiger partial charge in [-0.1, -0.05) is 35.5 Å². The number of rotatable bonds is 5. The number of benzene rings is 2. The van der Waals surface area contributed by atoms with E-state index >= 15 is 0 Å². The van der Waals surface area contributed by atoms with Crippen LogP contribution in [0.4, 0.5) is 11.5 Å². The summed E-state index contributed by atoms with van der Waals surface area (Å²) < 4.78 is 6.39. The van der Waals surface area contributed by atoms with Crippen LogP contribution in [-0.2, 0) is 6.67 Å².